The van der Waals surface area contributed by atoms with Gasteiger partial charge >= 0.3 is 6.61 Å². The van der Waals surface area contributed by atoms with Gasteiger partial charge in [0.1, 0.15) is 12.1 Å². The van der Waals surface area contributed by atoms with Gasteiger partial charge in [-0.2, -0.15) is 8.78 Å². The summed E-state index contributed by atoms with van der Waals surface area (Å²) in [5.41, 5.74) is 0.797. The summed E-state index contributed by atoms with van der Waals surface area (Å²) in [6.07, 6.45) is 1.64. The number of alkyl halides is 2. The highest BCUT2D eigenvalue weighted by Gasteiger charge is 2.14. The number of nitrogens with zero attached hydrogens (tertiary/aromatic N) is 3. The van der Waals surface area contributed by atoms with Gasteiger partial charge in [-0.1, -0.05) is 23.9 Å². The summed E-state index contributed by atoms with van der Waals surface area (Å²) < 4.78 is 30.5. The van der Waals surface area contributed by atoms with Crippen molar-refractivity contribution >= 4 is 17.7 Å². The molecule has 1 amide bonds. The molecule has 0 spiro atoms. The fourth-order valence-corrected chi connectivity index (χ4v) is 2.98. The molecule has 2 rings (SSSR count). The van der Waals surface area contributed by atoms with Crippen LogP contribution in [0.2, 0.25) is 0 Å². The fourth-order valence-electron chi connectivity index (χ4n) is 2.12. The third-order valence-electron chi connectivity index (χ3n) is 3.41. The van der Waals surface area contributed by atoms with E-state index in [9.17, 15) is 13.6 Å². The second kappa shape index (κ2) is 8.80. The molecule has 1 unspecified atom stereocenters. The number of thioether (sulfide) groups is 1. The zero-order valence-corrected chi connectivity index (χ0v) is 15.0. The summed E-state index contributed by atoms with van der Waals surface area (Å²) in [5.74, 6) is 0.145. The molecule has 0 aliphatic heterocycles. The molecule has 0 aliphatic rings. The van der Waals surface area contributed by atoms with Gasteiger partial charge in [0.2, 0.25) is 5.91 Å². The first kappa shape index (κ1) is 19.2. The Morgan fingerprint density at radius 1 is 1.28 bits per heavy atom. The Bertz CT molecular complexity index is 692. The van der Waals surface area contributed by atoms with E-state index in [4.69, 9.17) is 0 Å². The number of ether oxygens (including phenoxy) is 1. The van der Waals surface area contributed by atoms with E-state index in [1.54, 1.807) is 18.5 Å². The van der Waals surface area contributed by atoms with Crippen LogP contribution in [0.25, 0.3) is 0 Å². The van der Waals surface area contributed by atoms with Crippen molar-refractivity contribution < 1.29 is 18.3 Å². The Balaban J connectivity index is 1.86. The molecule has 1 heterocycles. The molecule has 0 saturated heterocycles. The van der Waals surface area contributed by atoms with Crippen molar-refractivity contribution in [2.45, 2.75) is 44.6 Å². The zero-order chi connectivity index (χ0) is 18.4. The average molecular weight is 370 g/mol. The number of carbonyl (C=O) groups is 1. The number of nitrogens with one attached hydrogen (secondary N) is 1. The molecule has 0 aliphatic carbocycles. The van der Waals surface area contributed by atoms with Crippen LogP contribution < -0.4 is 10.1 Å². The van der Waals surface area contributed by atoms with Gasteiger partial charge in [0.05, 0.1) is 11.8 Å². The van der Waals surface area contributed by atoms with Gasteiger partial charge in [-0.15, -0.1) is 10.2 Å². The van der Waals surface area contributed by atoms with Crippen LogP contribution >= 0.6 is 11.8 Å². The molecular formula is C16H20F2N4O2S. The van der Waals surface area contributed by atoms with Gasteiger partial charge in [-0.05, 0) is 38.5 Å². The van der Waals surface area contributed by atoms with Gasteiger partial charge in [0, 0.05) is 6.04 Å². The SMILES string of the molecule is CC(NC(=O)CSc1nncn1C(C)C)c1ccc(OC(F)F)cc1. The number of halogens is 2. The number of aromatic nitrogens is 3. The van der Waals surface area contributed by atoms with Gasteiger partial charge in [0.15, 0.2) is 5.16 Å². The Morgan fingerprint density at radius 3 is 2.56 bits per heavy atom. The number of rotatable bonds is 8. The first-order valence-corrected chi connectivity index (χ1v) is 8.71. The Kier molecular flexibility index (Phi) is 6.74. The number of benzene rings is 1. The second-order valence-electron chi connectivity index (χ2n) is 5.64. The predicted octanol–water partition coefficient (Wildman–Crippen LogP) is 3.43. The highest BCUT2D eigenvalue weighted by Crippen LogP contribution is 2.21. The van der Waals surface area contributed by atoms with Gasteiger partial charge in [-0.25, -0.2) is 0 Å². The van der Waals surface area contributed by atoms with E-state index >= 15 is 0 Å². The molecule has 0 saturated carbocycles. The van der Waals surface area contributed by atoms with Crippen molar-refractivity contribution in [3.8, 4) is 5.75 Å². The highest BCUT2D eigenvalue weighted by atomic mass is 32.2. The van der Waals surface area contributed by atoms with Crippen molar-refractivity contribution in [1.29, 1.82) is 0 Å². The maximum atomic E-state index is 12.1. The zero-order valence-electron chi connectivity index (χ0n) is 14.1. The lowest BCUT2D eigenvalue weighted by molar-refractivity contribution is -0.119. The third-order valence-corrected chi connectivity index (χ3v) is 4.37. The number of carbonyl (C=O) groups excluding carboxylic acids is 1. The third kappa shape index (κ3) is 5.70. The van der Waals surface area contributed by atoms with Gasteiger partial charge in [-0.3, -0.25) is 4.79 Å². The maximum Gasteiger partial charge on any atom is 0.387 e. The van der Waals surface area contributed by atoms with E-state index in [1.807, 2.05) is 25.3 Å². The maximum absolute atomic E-state index is 12.1. The van der Waals surface area contributed by atoms with E-state index in [2.05, 4.69) is 20.3 Å². The van der Waals surface area contributed by atoms with E-state index < -0.39 is 6.61 Å². The van der Waals surface area contributed by atoms with Crippen LogP contribution in [0.3, 0.4) is 0 Å². The first-order valence-electron chi connectivity index (χ1n) is 7.73. The molecule has 0 radical (unpaired) electrons. The topological polar surface area (TPSA) is 69.0 Å². The number of hydrogen-bond donors (Lipinski definition) is 1. The first-order chi connectivity index (χ1) is 11.9. The summed E-state index contributed by atoms with van der Waals surface area (Å²) >= 11 is 1.31. The summed E-state index contributed by atoms with van der Waals surface area (Å²) in [6.45, 7) is 2.99. The minimum Gasteiger partial charge on any atom is -0.435 e. The Labute approximate surface area is 149 Å². The largest absolute Gasteiger partial charge is 0.435 e. The lowest BCUT2D eigenvalue weighted by atomic mass is 10.1. The molecule has 1 atom stereocenters. The van der Waals surface area contributed by atoms with Crippen LogP contribution in [0, 0.1) is 0 Å². The molecule has 1 aromatic heterocycles. The van der Waals surface area contributed by atoms with Crippen LogP contribution in [0.1, 0.15) is 38.4 Å². The predicted molar refractivity (Wildman–Crippen MR) is 90.8 cm³/mol. The van der Waals surface area contributed by atoms with E-state index in [-0.39, 0.29) is 29.5 Å². The normalized spacial score (nSPS) is 12.4. The summed E-state index contributed by atoms with van der Waals surface area (Å²) in [4.78, 5) is 12.1. The molecular weight excluding hydrogens is 350 g/mol. The summed E-state index contributed by atoms with van der Waals surface area (Å²) in [7, 11) is 0. The van der Waals surface area contributed by atoms with E-state index in [0.717, 1.165) is 5.56 Å². The van der Waals surface area contributed by atoms with Crippen LogP contribution in [0.15, 0.2) is 35.7 Å². The van der Waals surface area contributed by atoms with Crippen LogP contribution in [-0.4, -0.2) is 33.0 Å². The molecule has 2 aromatic rings. The Morgan fingerprint density at radius 2 is 1.96 bits per heavy atom. The smallest absolute Gasteiger partial charge is 0.387 e. The van der Waals surface area contributed by atoms with E-state index in [1.165, 1.54) is 23.9 Å². The van der Waals surface area contributed by atoms with Crippen molar-refractivity contribution in [1.82, 2.24) is 20.1 Å². The number of amides is 1. The van der Waals surface area contributed by atoms with E-state index in [0.29, 0.717) is 5.16 Å². The quantitative estimate of drug-likeness (QED) is 0.721. The molecule has 1 N–H and O–H groups in total. The lowest BCUT2D eigenvalue weighted by Crippen LogP contribution is -2.28. The standard InChI is InChI=1S/C16H20F2N4O2S/c1-10(2)22-9-19-21-16(22)25-8-14(23)20-11(3)12-4-6-13(7-5-12)24-15(17)18/h4-7,9-11,15H,8H2,1-3H3,(H,20,23). The highest BCUT2D eigenvalue weighted by molar-refractivity contribution is 7.99. The second-order valence-corrected chi connectivity index (χ2v) is 6.58. The molecule has 25 heavy (non-hydrogen) atoms. The molecule has 0 fully saturated rings. The van der Waals surface area contributed by atoms with Crippen LogP contribution in [0.5, 0.6) is 5.75 Å². The molecule has 6 nitrogen and oxygen atoms in total. The molecule has 136 valence electrons. The molecule has 0 bridgehead atoms. The summed E-state index contributed by atoms with van der Waals surface area (Å²) in [5, 5.41) is 11.4. The molecule has 1 aromatic carbocycles. The van der Waals surface area contributed by atoms with Gasteiger partial charge < -0.3 is 14.6 Å². The lowest BCUT2D eigenvalue weighted by Gasteiger charge is -2.15. The average Bonchev–Trinajstić information content (AvgIpc) is 3.01. The Hall–Kier alpha value is -2.16. The van der Waals surface area contributed by atoms with Crippen LogP contribution in [0.4, 0.5) is 8.78 Å². The van der Waals surface area contributed by atoms with Gasteiger partial charge in [0.25, 0.3) is 0 Å². The minimum absolute atomic E-state index is 0.0841. The van der Waals surface area contributed by atoms with Crippen LogP contribution in [-0.2, 0) is 4.79 Å². The van der Waals surface area contributed by atoms with Crippen molar-refractivity contribution in [3.63, 3.8) is 0 Å². The summed E-state index contributed by atoms with van der Waals surface area (Å²) in [6, 6.07) is 6.15. The molecule has 9 heteroatoms. The van der Waals surface area contributed by atoms with Crippen molar-refractivity contribution in [2.24, 2.45) is 0 Å². The van der Waals surface area contributed by atoms with Crippen molar-refractivity contribution in [2.75, 3.05) is 5.75 Å². The monoisotopic (exact) mass is 370 g/mol. The fraction of sp³-hybridized carbons (Fsp3) is 0.438. The van der Waals surface area contributed by atoms with Crippen molar-refractivity contribution in [3.05, 3.63) is 36.2 Å². The number of hydrogen-bond acceptors (Lipinski definition) is 5. The minimum atomic E-state index is -2.85.